The van der Waals surface area contributed by atoms with Crippen LogP contribution in [0.4, 0.5) is 0 Å². The molecule has 0 atom stereocenters. The fourth-order valence-corrected chi connectivity index (χ4v) is 1.78. The molecule has 18 heavy (non-hydrogen) atoms. The molecule has 0 radical (unpaired) electrons. The first-order valence-corrected chi connectivity index (χ1v) is 5.76. The van der Waals surface area contributed by atoms with E-state index in [1.54, 1.807) is 25.2 Å². The average Bonchev–Trinajstić information content (AvgIpc) is 2.61. The Morgan fingerprint density at radius 3 is 2.78 bits per heavy atom. The van der Waals surface area contributed by atoms with Crippen molar-refractivity contribution < 1.29 is 9.21 Å². The van der Waals surface area contributed by atoms with Crippen LogP contribution in [0, 0.1) is 0 Å². The molecular formula is C13H16N2O3. The molecule has 0 saturated heterocycles. The smallest absolute Gasteiger partial charge is 0.408 e. The van der Waals surface area contributed by atoms with Crippen molar-refractivity contribution in [3.8, 4) is 0 Å². The number of hydrogen-bond acceptors (Lipinski definition) is 4. The summed E-state index contributed by atoms with van der Waals surface area (Å²) in [5.74, 6) is -0.361. The van der Waals surface area contributed by atoms with Crippen LogP contribution in [0.25, 0.3) is 11.1 Å². The van der Waals surface area contributed by atoms with E-state index in [9.17, 15) is 9.59 Å². The van der Waals surface area contributed by atoms with E-state index < -0.39 is 5.76 Å². The minimum absolute atomic E-state index is 0.0529. The van der Waals surface area contributed by atoms with Crippen molar-refractivity contribution in [1.82, 2.24) is 9.47 Å². The topological polar surface area (TPSA) is 55.5 Å². The molecule has 0 fully saturated rings. The van der Waals surface area contributed by atoms with Gasteiger partial charge in [-0.25, -0.2) is 4.79 Å². The normalized spacial score (nSPS) is 11.3. The first-order chi connectivity index (χ1) is 8.49. The molecule has 0 aliphatic rings. The number of nitrogens with zero attached hydrogens (tertiary/aromatic N) is 2. The molecular weight excluding hydrogens is 232 g/mol. The standard InChI is InChI=1S/C13H16N2O3/c1-14(2)7-6-11(16)9-4-5-10-12(8-9)18-13(17)15(10)3/h4-5,8H,6-7H2,1-3H3. The minimum Gasteiger partial charge on any atom is -0.408 e. The monoisotopic (exact) mass is 248 g/mol. The van der Waals surface area contributed by atoms with E-state index >= 15 is 0 Å². The lowest BCUT2D eigenvalue weighted by Crippen LogP contribution is -2.16. The van der Waals surface area contributed by atoms with Crippen LogP contribution in [0.2, 0.25) is 0 Å². The third kappa shape index (κ3) is 2.36. The molecule has 1 heterocycles. The summed E-state index contributed by atoms with van der Waals surface area (Å²) in [4.78, 5) is 25.2. The van der Waals surface area contributed by atoms with Crippen molar-refractivity contribution >= 4 is 16.9 Å². The Bertz CT molecular complexity index is 637. The molecule has 5 heteroatoms. The Labute approximate surface area is 105 Å². The van der Waals surface area contributed by atoms with Gasteiger partial charge in [-0.3, -0.25) is 9.36 Å². The Morgan fingerprint density at radius 2 is 2.11 bits per heavy atom. The van der Waals surface area contributed by atoms with Gasteiger partial charge in [-0.15, -0.1) is 0 Å². The van der Waals surface area contributed by atoms with Crippen molar-refractivity contribution in [1.29, 1.82) is 0 Å². The minimum atomic E-state index is -0.414. The van der Waals surface area contributed by atoms with Crippen molar-refractivity contribution in [2.45, 2.75) is 6.42 Å². The maximum atomic E-state index is 11.9. The lowest BCUT2D eigenvalue weighted by atomic mass is 10.1. The van der Waals surface area contributed by atoms with E-state index in [4.69, 9.17) is 4.42 Å². The highest BCUT2D eigenvalue weighted by Gasteiger charge is 2.11. The van der Waals surface area contributed by atoms with Gasteiger partial charge in [0.05, 0.1) is 5.52 Å². The van der Waals surface area contributed by atoms with Gasteiger partial charge < -0.3 is 9.32 Å². The van der Waals surface area contributed by atoms with Gasteiger partial charge in [0.1, 0.15) is 0 Å². The molecule has 0 aliphatic heterocycles. The maximum absolute atomic E-state index is 11.9. The summed E-state index contributed by atoms with van der Waals surface area (Å²) in [7, 11) is 5.49. The summed E-state index contributed by atoms with van der Waals surface area (Å²) in [6.45, 7) is 0.704. The Kier molecular flexibility index (Phi) is 3.34. The summed E-state index contributed by atoms with van der Waals surface area (Å²) < 4.78 is 6.48. The molecule has 5 nitrogen and oxygen atoms in total. The van der Waals surface area contributed by atoms with Crippen LogP contribution < -0.4 is 5.76 Å². The number of carbonyl (C=O) groups is 1. The molecule has 0 saturated carbocycles. The van der Waals surface area contributed by atoms with Crippen molar-refractivity contribution in [2.75, 3.05) is 20.6 Å². The van der Waals surface area contributed by atoms with Gasteiger partial charge in [0, 0.05) is 25.6 Å². The fourth-order valence-electron chi connectivity index (χ4n) is 1.78. The number of benzene rings is 1. The molecule has 0 amide bonds. The highest BCUT2D eigenvalue weighted by molar-refractivity contribution is 5.98. The van der Waals surface area contributed by atoms with Gasteiger partial charge in [-0.05, 0) is 32.3 Å². The molecule has 0 unspecified atom stereocenters. The number of Topliss-reactive ketones (excluding diaryl/α,β-unsaturated/α-hetero) is 1. The van der Waals surface area contributed by atoms with Crippen LogP contribution in [0.5, 0.6) is 0 Å². The quantitative estimate of drug-likeness (QED) is 0.764. The zero-order valence-electron chi connectivity index (χ0n) is 10.8. The first-order valence-electron chi connectivity index (χ1n) is 5.76. The molecule has 2 aromatic rings. The number of fused-ring (bicyclic) bond motifs is 1. The predicted molar refractivity (Wildman–Crippen MR) is 69.0 cm³/mol. The number of hydrogen-bond donors (Lipinski definition) is 0. The molecule has 2 rings (SSSR count). The van der Waals surface area contributed by atoms with Gasteiger partial charge in [0.2, 0.25) is 0 Å². The summed E-state index contributed by atoms with van der Waals surface area (Å²) >= 11 is 0. The van der Waals surface area contributed by atoms with Gasteiger partial charge in [-0.1, -0.05) is 0 Å². The number of aryl methyl sites for hydroxylation is 1. The maximum Gasteiger partial charge on any atom is 0.419 e. The van der Waals surface area contributed by atoms with E-state index in [1.807, 2.05) is 19.0 Å². The number of ketones is 1. The van der Waals surface area contributed by atoms with Gasteiger partial charge in [0.15, 0.2) is 11.4 Å². The number of carbonyl (C=O) groups excluding carboxylic acids is 1. The summed E-state index contributed by atoms with van der Waals surface area (Å²) in [6, 6.07) is 5.10. The number of rotatable bonds is 4. The molecule has 0 bridgehead atoms. The van der Waals surface area contributed by atoms with Crippen molar-refractivity contribution in [2.24, 2.45) is 7.05 Å². The van der Waals surface area contributed by atoms with Crippen LogP contribution in [0.3, 0.4) is 0 Å². The van der Waals surface area contributed by atoms with Gasteiger partial charge >= 0.3 is 5.76 Å². The second kappa shape index (κ2) is 4.78. The summed E-state index contributed by atoms with van der Waals surface area (Å²) in [6.07, 6.45) is 0.454. The molecule has 0 aliphatic carbocycles. The first kappa shape index (κ1) is 12.6. The van der Waals surface area contributed by atoms with E-state index in [-0.39, 0.29) is 5.78 Å². The van der Waals surface area contributed by atoms with E-state index in [0.29, 0.717) is 29.6 Å². The second-order valence-corrected chi connectivity index (χ2v) is 4.59. The van der Waals surface area contributed by atoms with E-state index in [0.717, 1.165) is 0 Å². The average molecular weight is 248 g/mol. The van der Waals surface area contributed by atoms with Crippen LogP contribution >= 0.6 is 0 Å². The van der Waals surface area contributed by atoms with Crippen LogP contribution in [-0.4, -0.2) is 35.9 Å². The SMILES string of the molecule is CN(C)CCC(=O)c1ccc2c(c1)oc(=O)n2C. The van der Waals surface area contributed by atoms with E-state index in [2.05, 4.69) is 0 Å². The third-order valence-corrected chi connectivity index (χ3v) is 2.90. The lowest BCUT2D eigenvalue weighted by molar-refractivity contribution is 0.0972. The zero-order chi connectivity index (χ0) is 13.3. The Hall–Kier alpha value is -1.88. The summed E-state index contributed by atoms with van der Waals surface area (Å²) in [5.41, 5.74) is 1.74. The van der Waals surface area contributed by atoms with Gasteiger partial charge in [0.25, 0.3) is 0 Å². The Balaban J connectivity index is 2.30. The molecule has 1 aromatic heterocycles. The lowest BCUT2D eigenvalue weighted by Gasteiger charge is -2.08. The van der Waals surface area contributed by atoms with Crippen molar-refractivity contribution in [3.05, 3.63) is 34.3 Å². The third-order valence-electron chi connectivity index (χ3n) is 2.90. The predicted octanol–water partition coefficient (Wildman–Crippen LogP) is 1.27. The molecule has 96 valence electrons. The van der Waals surface area contributed by atoms with E-state index in [1.165, 1.54) is 4.57 Å². The fraction of sp³-hybridized carbons (Fsp3) is 0.385. The highest BCUT2D eigenvalue weighted by Crippen LogP contribution is 2.15. The van der Waals surface area contributed by atoms with Crippen LogP contribution in [-0.2, 0) is 7.05 Å². The molecule has 1 aromatic carbocycles. The molecule has 0 spiro atoms. The van der Waals surface area contributed by atoms with Crippen LogP contribution in [0.1, 0.15) is 16.8 Å². The number of oxazole rings is 1. The van der Waals surface area contributed by atoms with Crippen molar-refractivity contribution in [3.63, 3.8) is 0 Å². The summed E-state index contributed by atoms with van der Waals surface area (Å²) in [5, 5.41) is 0. The molecule has 0 N–H and O–H groups in total. The second-order valence-electron chi connectivity index (χ2n) is 4.59. The largest absolute Gasteiger partial charge is 0.419 e. The number of aromatic nitrogens is 1. The van der Waals surface area contributed by atoms with Gasteiger partial charge in [-0.2, -0.15) is 0 Å². The van der Waals surface area contributed by atoms with Crippen LogP contribution in [0.15, 0.2) is 27.4 Å². The highest BCUT2D eigenvalue weighted by atomic mass is 16.4. The Morgan fingerprint density at radius 1 is 1.39 bits per heavy atom. The zero-order valence-corrected chi connectivity index (χ0v) is 10.8.